The van der Waals surface area contributed by atoms with Gasteiger partial charge >= 0.3 is 12.1 Å². The van der Waals surface area contributed by atoms with Crippen LogP contribution in [0.2, 0.25) is 5.02 Å². The van der Waals surface area contributed by atoms with Crippen molar-refractivity contribution in [3.05, 3.63) is 41.4 Å². The van der Waals surface area contributed by atoms with Crippen LogP contribution in [0.3, 0.4) is 0 Å². The molecule has 0 heterocycles. The van der Waals surface area contributed by atoms with Crippen LogP contribution in [0.15, 0.2) is 30.9 Å². The summed E-state index contributed by atoms with van der Waals surface area (Å²) in [6, 6.07) is 2.35. The number of anilines is 1. The average molecular weight is 432 g/mol. The molecule has 1 atom stereocenters. The standard InChI is InChI=1S/C22H29ClF3NO2/c1-4-5-15-6-8-16(9-7-15)13-29-21(28)20(14(2)3)27-19-11-10-17(12-18(19)23)22(24,25)26/h4,10-12,14-16,20,27H,1,5-9,13H2,2-3H3. The molecule has 3 nitrogen and oxygen atoms in total. The van der Waals surface area contributed by atoms with Crippen LogP contribution in [0.1, 0.15) is 51.5 Å². The van der Waals surface area contributed by atoms with Crippen LogP contribution >= 0.6 is 11.6 Å². The highest BCUT2D eigenvalue weighted by atomic mass is 35.5. The number of esters is 1. The number of ether oxygens (including phenoxy) is 1. The molecule has 1 aromatic rings. The summed E-state index contributed by atoms with van der Waals surface area (Å²) in [6.45, 7) is 7.84. The fourth-order valence-electron chi connectivity index (χ4n) is 3.63. The van der Waals surface area contributed by atoms with E-state index in [1.165, 1.54) is 6.07 Å². The number of hydrogen-bond donors (Lipinski definition) is 1. The molecule has 0 spiro atoms. The van der Waals surface area contributed by atoms with Crippen molar-refractivity contribution in [1.29, 1.82) is 0 Å². The molecule has 162 valence electrons. The maximum atomic E-state index is 12.8. The predicted molar refractivity (Wildman–Crippen MR) is 110 cm³/mol. The highest BCUT2D eigenvalue weighted by Crippen LogP contribution is 2.34. The molecular weight excluding hydrogens is 403 g/mol. The van der Waals surface area contributed by atoms with Crippen LogP contribution in [0, 0.1) is 17.8 Å². The lowest BCUT2D eigenvalue weighted by atomic mass is 9.81. The molecule has 1 unspecified atom stereocenters. The molecule has 1 N–H and O–H groups in total. The lowest BCUT2D eigenvalue weighted by molar-refractivity contribution is -0.147. The summed E-state index contributed by atoms with van der Waals surface area (Å²) >= 11 is 6.01. The fraction of sp³-hybridized carbons (Fsp3) is 0.591. The molecule has 0 aromatic heterocycles. The van der Waals surface area contributed by atoms with Gasteiger partial charge in [0.05, 0.1) is 22.9 Å². The third-order valence-corrected chi connectivity index (χ3v) is 5.77. The molecule has 0 bridgehead atoms. The van der Waals surface area contributed by atoms with Crippen LogP contribution in [0.5, 0.6) is 0 Å². The minimum absolute atomic E-state index is 0.0844. The van der Waals surface area contributed by atoms with Gasteiger partial charge in [0.25, 0.3) is 0 Å². The first-order valence-corrected chi connectivity index (χ1v) is 10.4. The SMILES string of the molecule is C=CCC1CCC(COC(=O)C(Nc2ccc(C(F)(F)F)cc2Cl)C(C)C)CC1. The summed E-state index contributed by atoms with van der Waals surface area (Å²) in [5, 5.41) is 2.87. The van der Waals surface area contributed by atoms with E-state index >= 15 is 0 Å². The van der Waals surface area contributed by atoms with Crippen LogP contribution in [0.4, 0.5) is 18.9 Å². The number of alkyl halides is 3. The van der Waals surface area contributed by atoms with E-state index in [1.807, 2.05) is 19.9 Å². The van der Waals surface area contributed by atoms with E-state index in [4.69, 9.17) is 16.3 Å². The number of carbonyl (C=O) groups excluding carboxylic acids is 1. The lowest BCUT2D eigenvalue weighted by Crippen LogP contribution is -2.37. The maximum absolute atomic E-state index is 12.8. The van der Waals surface area contributed by atoms with Gasteiger partial charge in [-0.2, -0.15) is 13.2 Å². The topological polar surface area (TPSA) is 38.3 Å². The Kier molecular flexibility index (Phi) is 8.44. The molecule has 29 heavy (non-hydrogen) atoms. The van der Waals surface area contributed by atoms with E-state index in [1.54, 1.807) is 0 Å². The molecule has 1 aliphatic rings. The normalized spacial score (nSPS) is 20.9. The van der Waals surface area contributed by atoms with Gasteiger partial charge in [-0.05, 0) is 68.1 Å². The number of carbonyl (C=O) groups is 1. The second kappa shape index (κ2) is 10.4. The van der Waals surface area contributed by atoms with E-state index < -0.39 is 23.8 Å². The zero-order chi connectivity index (χ0) is 21.6. The second-order valence-corrected chi connectivity index (χ2v) is 8.51. The Morgan fingerprint density at radius 1 is 1.28 bits per heavy atom. The first kappa shape index (κ1) is 23.6. The molecule has 1 fully saturated rings. The second-order valence-electron chi connectivity index (χ2n) is 8.10. The Hall–Kier alpha value is -1.69. The van der Waals surface area contributed by atoms with Gasteiger partial charge < -0.3 is 10.1 Å². The van der Waals surface area contributed by atoms with Crippen LogP contribution < -0.4 is 5.32 Å². The van der Waals surface area contributed by atoms with Gasteiger partial charge in [0.15, 0.2) is 0 Å². The quantitative estimate of drug-likeness (QED) is 0.366. The molecule has 0 amide bonds. The van der Waals surface area contributed by atoms with E-state index in [0.717, 1.165) is 44.2 Å². The van der Waals surface area contributed by atoms with Gasteiger partial charge in [0.1, 0.15) is 6.04 Å². The van der Waals surface area contributed by atoms with Crippen molar-refractivity contribution in [3.63, 3.8) is 0 Å². The minimum atomic E-state index is -4.47. The Morgan fingerprint density at radius 3 is 2.41 bits per heavy atom. The summed E-state index contributed by atoms with van der Waals surface area (Å²) in [5.41, 5.74) is -0.552. The van der Waals surface area contributed by atoms with Gasteiger partial charge in [-0.15, -0.1) is 6.58 Å². The van der Waals surface area contributed by atoms with E-state index in [9.17, 15) is 18.0 Å². The molecule has 0 saturated heterocycles. The average Bonchev–Trinajstić information content (AvgIpc) is 2.65. The first-order valence-electron chi connectivity index (χ1n) is 10.0. The van der Waals surface area contributed by atoms with Gasteiger partial charge in [0, 0.05) is 0 Å². The van der Waals surface area contributed by atoms with E-state index in [2.05, 4.69) is 11.9 Å². The Labute approximate surface area is 175 Å². The lowest BCUT2D eigenvalue weighted by Gasteiger charge is -2.29. The van der Waals surface area contributed by atoms with E-state index in [-0.39, 0.29) is 16.6 Å². The molecule has 1 saturated carbocycles. The highest BCUT2D eigenvalue weighted by molar-refractivity contribution is 6.33. The number of nitrogens with one attached hydrogen (secondary N) is 1. The smallest absolute Gasteiger partial charge is 0.416 e. The van der Waals surface area contributed by atoms with E-state index in [0.29, 0.717) is 18.4 Å². The van der Waals surface area contributed by atoms with Crippen molar-refractivity contribution < 1.29 is 22.7 Å². The third-order valence-electron chi connectivity index (χ3n) is 5.46. The maximum Gasteiger partial charge on any atom is 0.416 e. The number of benzene rings is 1. The molecular formula is C22H29ClF3NO2. The van der Waals surface area contributed by atoms with Crippen molar-refractivity contribution in [2.45, 2.75) is 58.2 Å². The molecule has 0 aliphatic heterocycles. The summed E-state index contributed by atoms with van der Waals surface area (Å²) in [5.74, 6) is 0.488. The number of rotatable bonds is 8. The summed E-state index contributed by atoms with van der Waals surface area (Å²) in [4.78, 5) is 12.6. The minimum Gasteiger partial charge on any atom is -0.464 e. The van der Waals surface area contributed by atoms with Gasteiger partial charge in [-0.3, -0.25) is 0 Å². The van der Waals surface area contributed by atoms with Gasteiger partial charge in [0.2, 0.25) is 0 Å². The summed E-state index contributed by atoms with van der Waals surface area (Å²) in [7, 11) is 0. The molecule has 1 aliphatic carbocycles. The highest BCUT2D eigenvalue weighted by Gasteiger charge is 2.32. The van der Waals surface area contributed by atoms with Gasteiger partial charge in [-0.25, -0.2) is 4.79 Å². The van der Waals surface area contributed by atoms with Crippen molar-refractivity contribution in [3.8, 4) is 0 Å². The zero-order valence-corrected chi connectivity index (χ0v) is 17.7. The van der Waals surface area contributed by atoms with Crippen LogP contribution in [-0.4, -0.2) is 18.6 Å². The van der Waals surface area contributed by atoms with Crippen molar-refractivity contribution in [2.24, 2.45) is 17.8 Å². The molecule has 7 heteroatoms. The Balaban J connectivity index is 1.94. The van der Waals surface area contributed by atoms with Crippen LogP contribution in [-0.2, 0) is 15.7 Å². The summed E-state index contributed by atoms with van der Waals surface area (Å²) in [6.07, 6.45) is 2.79. The molecule has 2 rings (SSSR count). The molecule has 1 aromatic carbocycles. The van der Waals surface area contributed by atoms with Crippen molar-refractivity contribution in [1.82, 2.24) is 0 Å². The van der Waals surface area contributed by atoms with Crippen molar-refractivity contribution >= 4 is 23.3 Å². The Morgan fingerprint density at radius 2 is 1.90 bits per heavy atom. The number of hydrogen-bond acceptors (Lipinski definition) is 3. The first-order chi connectivity index (χ1) is 13.6. The predicted octanol–water partition coefficient (Wildman–Crippen LogP) is 6.72. The largest absolute Gasteiger partial charge is 0.464 e. The fourth-order valence-corrected chi connectivity index (χ4v) is 3.87. The van der Waals surface area contributed by atoms with Gasteiger partial charge in [-0.1, -0.05) is 31.5 Å². The van der Waals surface area contributed by atoms with Crippen molar-refractivity contribution in [2.75, 3.05) is 11.9 Å². The summed E-state index contributed by atoms with van der Waals surface area (Å²) < 4.78 is 44.0. The third kappa shape index (κ3) is 6.95. The van der Waals surface area contributed by atoms with Crippen LogP contribution in [0.25, 0.3) is 0 Å². The zero-order valence-electron chi connectivity index (χ0n) is 16.9. The number of halogens is 4. The molecule has 0 radical (unpaired) electrons. The Bertz CT molecular complexity index is 698. The number of allylic oxidation sites excluding steroid dienone is 1. The monoisotopic (exact) mass is 431 g/mol.